The van der Waals surface area contributed by atoms with E-state index in [4.69, 9.17) is 9.47 Å². The van der Waals surface area contributed by atoms with Crippen molar-refractivity contribution in [2.45, 2.75) is 19.9 Å². The average molecular weight is 443 g/mol. The molecule has 6 heteroatoms. The molecule has 0 aromatic heterocycles. The standard InChI is InChI=1S/C27H25NO5/c1-16-8-13-22(17(2)14-16)28-24(19-6-5-7-21(15-19)33-4)23(26(30)27(28)31)25(29)18-9-11-20(32-3)12-10-18/h5-15,24,29H,1-4H3/b25-23+. The number of aliphatic hydroxyl groups excluding tert-OH is 1. The van der Waals surface area contributed by atoms with Gasteiger partial charge in [0.1, 0.15) is 17.3 Å². The molecule has 33 heavy (non-hydrogen) atoms. The molecule has 168 valence electrons. The van der Waals surface area contributed by atoms with Gasteiger partial charge in [-0.2, -0.15) is 0 Å². The highest BCUT2D eigenvalue weighted by Gasteiger charge is 2.47. The molecule has 1 saturated heterocycles. The maximum absolute atomic E-state index is 13.3. The third-order valence-electron chi connectivity index (χ3n) is 5.83. The zero-order valence-electron chi connectivity index (χ0n) is 19.0. The summed E-state index contributed by atoms with van der Waals surface area (Å²) < 4.78 is 10.6. The zero-order valence-corrected chi connectivity index (χ0v) is 19.0. The fraction of sp³-hybridized carbons (Fsp3) is 0.185. The van der Waals surface area contributed by atoms with Crippen LogP contribution in [-0.2, 0) is 9.59 Å². The van der Waals surface area contributed by atoms with Crippen molar-refractivity contribution in [3.05, 3.63) is 94.6 Å². The number of carbonyl (C=O) groups is 2. The van der Waals surface area contributed by atoms with Crippen molar-refractivity contribution >= 4 is 23.1 Å². The predicted octanol–water partition coefficient (Wildman–Crippen LogP) is 4.95. The van der Waals surface area contributed by atoms with Gasteiger partial charge in [-0.1, -0.05) is 29.8 Å². The summed E-state index contributed by atoms with van der Waals surface area (Å²) in [6.45, 7) is 3.86. The molecule has 1 unspecified atom stereocenters. The number of rotatable bonds is 5. The summed E-state index contributed by atoms with van der Waals surface area (Å²) in [6.07, 6.45) is 0. The molecule has 3 aromatic rings. The van der Waals surface area contributed by atoms with E-state index >= 15 is 0 Å². The number of hydrogen-bond donors (Lipinski definition) is 1. The molecule has 1 N–H and O–H groups in total. The van der Waals surface area contributed by atoms with E-state index in [0.29, 0.717) is 28.3 Å². The average Bonchev–Trinajstić information content (AvgIpc) is 3.09. The number of amides is 1. The minimum absolute atomic E-state index is 0.0263. The number of carbonyl (C=O) groups excluding carboxylic acids is 2. The van der Waals surface area contributed by atoms with Crippen molar-refractivity contribution in [1.29, 1.82) is 0 Å². The second kappa shape index (κ2) is 8.82. The number of anilines is 1. The number of ketones is 1. The molecule has 0 spiro atoms. The van der Waals surface area contributed by atoms with Crippen molar-refractivity contribution in [3.63, 3.8) is 0 Å². The van der Waals surface area contributed by atoms with Crippen LogP contribution in [0.25, 0.3) is 5.76 Å². The Balaban J connectivity index is 1.95. The van der Waals surface area contributed by atoms with Crippen LogP contribution in [-0.4, -0.2) is 31.0 Å². The number of ether oxygens (including phenoxy) is 2. The highest BCUT2D eigenvalue weighted by atomic mass is 16.5. The van der Waals surface area contributed by atoms with Crippen LogP contribution in [0.4, 0.5) is 5.69 Å². The molecule has 1 heterocycles. The van der Waals surface area contributed by atoms with Gasteiger partial charge < -0.3 is 14.6 Å². The number of Topliss-reactive ketones (excluding diaryl/α,β-unsaturated/α-hetero) is 1. The van der Waals surface area contributed by atoms with Gasteiger partial charge in [0.15, 0.2) is 0 Å². The third-order valence-corrected chi connectivity index (χ3v) is 5.83. The lowest BCUT2D eigenvalue weighted by atomic mass is 9.94. The van der Waals surface area contributed by atoms with Crippen molar-refractivity contribution in [1.82, 2.24) is 0 Å². The normalized spacial score (nSPS) is 17.3. The van der Waals surface area contributed by atoms with Crippen LogP contribution in [0.5, 0.6) is 11.5 Å². The van der Waals surface area contributed by atoms with E-state index in [1.54, 1.807) is 56.7 Å². The van der Waals surface area contributed by atoms with Gasteiger partial charge in [-0.15, -0.1) is 0 Å². The van der Waals surface area contributed by atoms with E-state index in [1.165, 1.54) is 4.90 Å². The summed E-state index contributed by atoms with van der Waals surface area (Å²) >= 11 is 0. The summed E-state index contributed by atoms with van der Waals surface area (Å²) in [5.74, 6) is -0.466. The number of hydrogen-bond acceptors (Lipinski definition) is 5. The van der Waals surface area contributed by atoms with Gasteiger partial charge in [0.2, 0.25) is 0 Å². The van der Waals surface area contributed by atoms with Crippen LogP contribution in [0.1, 0.15) is 28.3 Å². The Morgan fingerprint density at radius 2 is 1.58 bits per heavy atom. The van der Waals surface area contributed by atoms with Crippen LogP contribution < -0.4 is 14.4 Å². The molecule has 6 nitrogen and oxygen atoms in total. The first-order chi connectivity index (χ1) is 15.8. The van der Waals surface area contributed by atoms with Gasteiger partial charge >= 0.3 is 0 Å². The van der Waals surface area contributed by atoms with E-state index in [-0.39, 0.29) is 11.3 Å². The SMILES string of the molecule is COc1ccc(/C(O)=C2\C(=O)C(=O)N(c3ccc(C)cc3C)C2c2cccc(OC)c2)cc1. The molecule has 1 amide bonds. The molecule has 0 saturated carbocycles. The van der Waals surface area contributed by atoms with Gasteiger partial charge in [-0.05, 0) is 67.4 Å². The van der Waals surface area contributed by atoms with Crippen molar-refractivity contribution in [2.24, 2.45) is 0 Å². The number of aliphatic hydroxyl groups is 1. The minimum atomic E-state index is -0.816. The Kier molecular flexibility index (Phi) is 5.92. The smallest absolute Gasteiger partial charge is 0.300 e. The molecule has 1 fully saturated rings. The summed E-state index contributed by atoms with van der Waals surface area (Å²) in [7, 11) is 3.10. The van der Waals surface area contributed by atoms with E-state index in [9.17, 15) is 14.7 Å². The van der Waals surface area contributed by atoms with Crippen LogP contribution in [0.3, 0.4) is 0 Å². The molecule has 1 aliphatic heterocycles. The molecule has 3 aromatic carbocycles. The van der Waals surface area contributed by atoms with Crippen molar-refractivity contribution in [3.8, 4) is 11.5 Å². The van der Waals surface area contributed by atoms with E-state index in [2.05, 4.69) is 0 Å². The van der Waals surface area contributed by atoms with Gasteiger partial charge in [0.25, 0.3) is 11.7 Å². The number of benzene rings is 3. The number of nitrogens with zero attached hydrogens (tertiary/aromatic N) is 1. The first-order valence-electron chi connectivity index (χ1n) is 10.5. The first kappa shape index (κ1) is 22.1. The maximum Gasteiger partial charge on any atom is 0.300 e. The van der Waals surface area contributed by atoms with Crippen LogP contribution in [0, 0.1) is 13.8 Å². The van der Waals surface area contributed by atoms with Gasteiger partial charge in [-0.3, -0.25) is 14.5 Å². The van der Waals surface area contributed by atoms with Crippen LogP contribution in [0.15, 0.2) is 72.3 Å². The van der Waals surface area contributed by atoms with Gasteiger partial charge in [0.05, 0.1) is 25.8 Å². The minimum Gasteiger partial charge on any atom is -0.507 e. The molecule has 1 aliphatic rings. The number of aryl methyl sites for hydroxylation is 2. The quantitative estimate of drug-likeness (QED) is 0.343. The lowest BCUT2D eigenvalue weighted by Gasteiger charge is -2.27. The third kappa shape index (κ3) is 3.96. The monoisotopic (exact) mass is 443 g/mol. The van der Waals surface area contributed by atoms with Gasteiger partial charge in [0, 0.05) is 11.3 Å². The highest BCUT2D eigenvalue weighted by molar-refractivity contribution is 6.51. The van der Waals surface area contributed by atoms with Crippen LogP contribution in [0.2, 0.25) is 0 Å². The Labute approximate surface area is 192 Å². The lowest BCUT2D eigenvalue weighted by molar-refractivity contribution is -0.132. The second-order valence-corrected chi connectivity index (χ2v) is 7.96. The zero-order chi connectivity index (χ0) is 23.7. The maximum atomic E-state index is 13.3. The summed E-state index contributed by atoms with van der Waals surface area (Å²) in [6, 6.07) is 18.7. The Morgan fingerprint density at radius 1 is 0.879 bits per heavy atom. The van der Waals surface area contributed by atoms with Crippen molar-refractivity contribution < 1.29 is 24.2 Å². The molecule has 0 bridgehead atoms. The Morgan fingerprint density at radius 3 is 2.21 bits per heavy atom. The molecular formula is C27H25NO5. The molecular weight excluding hydrogens is 418 g/mol. The molecule has 4 rings (SSSR count). The fourth-order valence-corrected chi connectivity index (χ4v) is 4.19. The second-order valence-electron chi connectivity index (χ2n) is 7.96. The van der Waals surface area contributed by atoms with Crippen molar-refractivity contribution in [2.75, 3.05) is 19.1 Å². The Hall–Kier alpha value is -4.06. The number of methoxy groups -OCH3 is 2. The topological polar surface area (TPSA) is 76.1 Å². The van der Waals surface area contributed by atoms with E-state index < -0.39 is 17.7 Å². The highest BCUT2D eigenvalue weighted by Crippen LogP contribution is 2.43. The van der Waals surface area contributed by atoms with Gasteiger partial charge in [-0.25, -0.2) is 0 Å². The largest absolute Gasteiger partial charge is 0.507 e. The summed E-state index contributed by atoms with van der Waals surface area (Å²) in [5.41, 5.74) is 3.62. The van der Waals surface area contributed by atoms with Crippen LogP contribution >= 0.6 is 0 Å². The first-order valence-corrected chi connectivity index (χ1v) is 10.5. The summed E-state index contributed by atoms with van der Waals surface area (Å²) in [4.78, 5) is 28.0. The molecule has 1 atom stereocenters. The fourth-order valence-electron chi connectivity index (χ4n) is 4.19. The lowest BCUT2D eigenvalue weighted by Crippen LogP contribution is -2.30. The molecule has 0 radical (unpaired) electrons. The van der Waals surface area contributed by atoms with E-state index in [0.717, 1.165) is 11.1 Å². The van der Waals surface area contributed by atoms with E-state index in [1.807, 2.05) is 38.1 Å². The predicted molar refractivity (Wildman–Crippen MR) is 127 cm³/mol. The molecule has 0 aliphatic carbocycles. The Bertz CT molecular complexity index is 1260. The summed E-state index contributed by atoms with van der Waals surface area (Å²) in [5, 5.41) is 11.2.